The van der Waals surface area contributed by atoms with Crippen molar-refractivity contribution in [3.8, 4) is 11.3 Å². The SMILES string of the molecule is [C-]#[N+]c1c(-c2ccc(Br)cc2F)nn(C2CCOCC2)c1N. The fourth-order valence-electron chi connectivity index (χ4n) is 2.62. The van der Waals surface area contributed by atoms with Gasteiger partial charge in [-0.2, -0.15) is 5.10 Å². The van der Waals surface area contributed by atoms with Crippen LogP contribution in [0.25, 0.3) is 16.1 Å². The van der Waals surface area contributed by atoms with E-state index in [1.54, 1.807) is 16.8 Å². The van der Waals surface area contributed by atoms with Gasteiger partial charge in [0.25, 0.3) is 5.69 Å². The second-order valence-electron chi connectivity index (χ2n) is 5.11. The van der Waals surface area contributed by atoms with Crippen LogP contribution in [0.5, 0.6) is 0 Å². The maximum absolute atomic E-state index is 14.2. The molecule has 2 N–H and O–H groups in total. The summed E-state index contributed by atoms with van der Waals surface area (Å²) in [6, 6.07) is 4.76. The number of anilines is 1. The summed E-state index contributed by atoms with van der Waals surface area (Å²) in [5, 5.41) is 4.43. The molecule has 1 saturated heterocycles. The number of ether oxygens (including phenoxy) is 1. The summed E-state index contributed by atoms with van der Waals surface area (Å²) >= 11 is 3.22. The standard InChI is InChI=1S/C15H14BrFN4O/c1-19-14-13(11-3-2-9(16)8-12(11)17)20-21(15(14)18)10-4-6-22-7-5-10/h2-3,8,10H,4-7,18H2. The predicted octanol–water partition coefficient (Wildman–Crippen LogP) is 3.94. The predicted molar refractivity (Wildman–Crippen MR) is 85.1 cm³/mol. The Kier molecular flexibility index (Phi) is 4.14. The zero-order valence-corrected chi connectivity index (χ0v) is 13.3. The minimum Gasteiger partial charge on any atom is -0.393 e. The van der Waals surface area contributed by atoms with Crippen LogP contribution in [0.1, 0.15) is 18.9 Å². The Hall–Kier alpha value is -1.91. The fourth-order valence-corrected chi connectivity index (χ4v) is 2.95. The number of benzene rings is 1. The molecule has 0 radical (unpaired) electrons. The highest BCUT2D eigenvalue weighted by Gasteiger charge is 2.25. The van der Waals surface area contributed by atoms with Crippen LogP contribution in [0.3, 0.4) is 0 Å². The molecule has 0 atom stereocenters. The zero-order valence-electron chi connectivity index (χ0n) is 11.7. The topological polar surface area (TPSA) is 57.4 Å². The number of nitrogens with two attached hydrogens (primary N) is 1. The molecule has 1 aliphatic rings. The quantitative estimate of drug-likeness (QED) is 0.821. The van der Waals surface area contributed by atoms with Crippen molar-refractivity contribution in [2.45, 2.75) is 18.9 Å². The summed E-state index contributed by atoms with van der Waals surface area (Å²) in [6.07, 6.45) is 1.57. The summed E-state index contributed by atoms with van der Waals surface area (Å²) < 4.78 is 21.8. The lowest BCUT2D eigenvalue weighted by atomic mass is 10.1. The van der Waals surface area contributed by atoms with Gasteiger partial charge in [-0.25, -0.2) is 9.24 Å². The Bertz CT molecular complexity index is 747. The van der Waals surface area contributed by atoms with Crippen LogP contribution in [-0.2, 0) is 4.74 Å². The Morgan fingerprint density at radius 2 is 2.14 bits per heavy atom. The molecule has 114 valence electrons. The van der Waals surface area contributed by atoms with E-state index in [0.29, 0.717) is 29.2 Å². The largest absolute Gasteiger partial charge is 0.393 e. The van der Waals surface area contributed by atoms with E-state index in [9.17, 15) is 4.39 Å². The molecule has 2 heterocycles. The first-order valence-electron chi connectivity index (χ1n) is 6.90. The van der Waals surface area contributed by atoms with E-state index in [1.165, 1.54) is 6.07 Å². The van der Waals surface area contributed by atoms with Crippen LogP contribution in [-0.4, -0.2) is 23.0 Å². The van der Waals surface area contributed by atoms with Gasteiger partial charge in [-0.1, -0.05) is 15.9 Å². The van der Waals surface area contributed by atoms with E-state index >= 15 is 0 Å². The van der Waals surface area contributed by atoms with Crippen LogP contribution in [0.4, 0.5) is 15.9 Å². The molecule has 0 amide bonds. The van der Waals surface area contributed by atoms with Gasteiger partial charge in [-0.15, -0.1) is 0 Å². The van der Waals surface area contributed by atoms with Gasteiger partial charge < -0.3 is 10.5 Å². The first-order valence-corrected chi connectivity index (χ1v) is 7.69. The fraction of sp³-hybridized carbons (Fsp3) is 0.333. The Balaban J connectivity index is 2.10. The highest BCUT2D eigenvalue weighted by molar-refractivity contribution is 9.10. The second kappa shape index (κ2) is 6.07. The summed E-state index contributed by atoms with van der Waals surface area (Å²) in [7, 11) is 0. The lowest BCUT2D eigenvalue weighted by Gasteiger charge is -2.23. The summed E-state index contributed by atoms with van der Waals surface area (Å²) in [4.78, 5) is 3.46. The molecule has 1 aromatic heterocycles. The van der Waals surface area contributed by atoms with Crippen LogP contribution in [0.2, 0.25) is 0 Å². The third-order valence-corrected chi connectivity index (χ3v) is 4.25. The highest BCUT2D eigenvalue weighted by atomic mass is 79.9. The van der Waals surface area contributed by atoms with E-state index < -0.39 is 5.82 Å². The van der Waals surface area contributed by atoms with Crippen molar-refractivity contribution in [1.82, 2.24) is 9.78 Å². The Morgan fingerprint density at radius 3 is 2.77 bits per heavy atom. The van der Waals surface area contributed by atoms with Gasteiger partial charge >= 0.3 is 0 Å². The second-order valence-corrected chi connectivity index (χ2v) is 6.02. The van der Waals surface area contributed by atoms with E-state index in [-0.39, 0.29) is 17.3 Å². The number of rotatable bonds is 2. The molecule has 0 unspecified atom stereocenters. The number of nitrogens with zero attached hydrogens (tertiary/aromatic N) is 3. The number of hydrogen-bond acceptors (Lipinski definition) is 3. The van der Waals surface area contributed by atoms with E-state index in [2.05, 4.69) is 25.9 Å². The van der Waals surface area contributed by atoms with Crippen molar-refractivity contribution in [2.75, 3.05) is 18.9 Å². The molecule has 1 aromatic carbocycles. The third kappa shape index (κ3) is 2.60. The van der Waals surface area contributed by atoms with Gasteiger partial charge in [0.2, 0.25) is 0 Å². The lowest BCUT2D eigenvalue weighted by Crippen LogP contribution is -2.21. The van der Waals surface area contributed by atoms with Crippen LogP contribution >= 0.6 is 15.9 Å². The highest BCUT2D eigenvalue weighted by Crippen LogP contribution is 2.39. The molecule has 0 spiro atoms. The number of aromatic nitrogens is 2. The maximum atomic E-state index is 14.2. The molecule has 2 aromatic rings. The Morgan fingerprint density at radius 1 is 1.41 bits per heavy atom. The summed E-state index contributed by atoms with van der Waals surface area (Å²) in [5.74, 6) is -0.143. The minimum atomic E-state index is -0.434. The zero-order chi connectivity index (χ0) is 15.7. The van der Waals surface area contributed by atoms with Crippen LogP contribution in [0.15, 0.2) is 22.7 Å². The van der Waals surface area contributed by atoms with E-state index in [1.807, 2.05) is 0 Å². The molecule has 22 heavy (non-hydrogen) atoms. The van der Waals surface area contributed by atoms with Gasteiger partial charge in [-0.3, -0.25) is 4.68 Å². The number of hydrogen-bond donors (Lipinski definition) is 1. The van der Waals surface area contributed by atoms with Gasteiger partial charge in [0, 0.05) is 23.2 Å². The van der Waals surface area contributed by atoms with Gasteiger partial charge in [0.15, 0.2) is 0 Å². The normalized spacial score (nSPS) is 15.7. The monoisotopic (exact) mass is 364 g/mol. The molecule has 0 saturated carbocycles. The van der Waals surface area contributed by atoms with Gasteiger partial charge in [0.1, 0.15) is 17.3 Å². The molecule has 0 bridgehead atoms. The number of nitrogen functional groups attached to an aromatic ring is 1. The third-order valence-electron chi connectivity index (χ3n) is 3.76. The number of halogens is 2. The van der Waals surface area contributed by atoms with Crippen LogP contribution < -0.4 is 5.73 Å². The van der Waals surface area contributed by atoms with Crippen molar-refractivity contribution >= 4 is 27.4 Å². The first kappa shape index (κ1) is 15.0. The molecule has 7 heteroatoms. The van der Waals surface area contributed by atoms with Crippen LogP contribution in [0, 0.1) is 12.4 Å². The molecule has 1 aliphatic heterocycles. The van der Waals surface area contributed by atoms with Crippen molar-refractivity contribution in [3.05, 3.63) is 39.9 Å². The average molecular weight is 365 g/mol. The smallest absolute Gasteiger partial charge is 0.254 e. The van der Waals surface area contributed by atoms with E-state index in [4.69, 9.17) is 17.0 Å². The molecule has 1 fully saturated rings. The minimum absolute atomic E-state index is 0.0847. The van der Waals surface area contributed by atoms with Crippen molar-refractivity contribution in [1.29, 1.82) is 0 Å². The lowest BCUT2D eigenvalue weighted by molar-refractivity contribution is 0.0669. The van der Waals surface area contributed by atoms with Gasteiger partial charge in [-0.05, 0) is 31.0 Å². The van der Waals surface area contributed by atoms with Crippen molar-refractivity contribution in [2.24, 2.45) is 0 Å². The average Bonchev–Trinajstić information content (AvgIpc) is 2.84. The Labute approximate surface area is 135 Å². The maximum Gasteiger partial charge on any atom is 0.254 e. The van der Waals surface area contributed by atoms with E-state index in [0.717, 1.165) is 12.8 Å². The molecule has 0 aliphatic carbocycles. The first-order chi connectivity index (χ1) is 10.6. The summed E-state index contributed by atoms with van der Waals surface area (Å²) in [5.41, 5.74) is 6.86. The van der Waals surface area contributed by atoms with Gasteiger partial charge in [0.05, 0.1) is 12.6 Å². The van der Waals surface area contributed by atoms with Crippen molar-refractivity contribution < 1.29 is 9.13 Å². The molecule has 3 rings (SSSR count). The molecular formula is C15H14BrFN4O. The van der Waals surface area contributed by atoms with Crippen molar-refractivity contribution in [3.63, 3.8) is 0 Å². The molecule has 5 nitrogen and oxygen atoms in total. The molecular weight excluding hydrogens is 351 g/mol. The summed E-state index contributed by atoms with van der Waals surface area (Å²) in [6.45, 7) is 8.63.